The summed E-state index contributed by atoms with van der Waals surface area (Å²) in [5.74, 6) is 0.387. The number of hydrogen-bond acceptors (Lipinski definition) is 6. The maximum atomic E-state index is 13.6. The van der Waals surface area contributed by atoms with Crippen molar-refractivity contribution < 1.29 is 13.2 Å². The molecule has 5 heterocycles. The van der Waals surface area contributed by atoms with Gasteiger partial charge in [-0.1, -0.05) is 0 Å². The van der Waals surface area contributed by atoms with Gasteiger partial charge in [0.15, 0.2) is 5.65 Å². The first-order valence-corrected chi connectivity index (χ1v) is 11.6. The Kier molecular flexibility index (Phi) is 5.48. The SMILES string of the molecule is Cc1nc(-c2[nH]nc(-c3cc(C)c4ncnn4c3)c2CC(F)(F)F)sc1C1CCN(C)CC1. The molecule has 0 aliphatic carbocycles. The van der Waals surface area contributed by atoms with Crippen LogP contribution in [-0.2, 0) is 6.42 Å². The van der Waals surface area contributed by atoms with Crippen LogP contribution in [0, 0.1) is 13.8 Å². The molecule has 0 unspecified atom stereocenters. The fourth-order valence-corrected chi connectivity index (χ4v) is 5.80. The fraction of sp³-hybridized carbons (Fsp3) is 0.455. The molecule has 0 bridgehead atoms. The number of halogens is 3. The van der Waals surface area contributed by atoms with Crippen LogP contribution in [0.2, 0.25) is 0 Å². The van der Waals surface area contributed by atoms with Gasteiger partial charge in [0.05, 0.1) is 23.5 Å². The minimum absolute atomic E-state index is 0.102. The highest BCUT2D eigenvalue weighted by Crippen LogP contribution is 2.41. The smallest absolute Gasteiger partial charge is 0.306 e. The lowest BCUT2D eigenvalue weighted by molar-refractivity contribution is -0.127. The van der Waals surface area contributed by atoms with Gasteiger partial charge in [-0.15, -0.1) is 11.3 Å². The molecule has 0 amide bonds. The van der Waals surface area contributed by atoms with E-state index in [2.05, 4.69) is 37.2 Å². The van der Waals surface area contributed by atoms with Crippen LogP contribution in [0.25, 0.3) is 27.6 Å². The lowest BCUT2D eigenvalue weighted by Gasteiger charge is -2.28. The summed E-state index contributed by atoms with van der Waals surface area (Å²) in [6.07, 6.45) is -0.346. The first-order valence-electron chi connectivity index (χ1n) is 10.8. The number of likely N-dealkylation sites (tertiary alicyclic amines) is 1. The van der Waals surface area contributed by atoms with Crippen molar-refractivity contribution in [3.63, 3.8) is 0 Å². The van der Waals surface area contributed by atoms with E-state index in [4.69, 9.17) is 0 Å². The Morgan fingerprint density at radius 1 is 1.21 bits per heavy atom. The predicted octanol–water partition coefficient (Wildman–Crippen LogP) is 4.77. The Balaban J connectivity index is 1.58. The normalized spacial score (nSPS) is 16.2. The molecule has 11 heteroatoms. The third kappa shape index (κ3) is 4.26. The van der Waals surface area contributed by atoms with Crippen molar-refractivity contribution in [1.82, 2.24) is 34.7 Å². The minimum Gasteiger partial charge on any atom is -0.306 e. The molecule has 1 N–H and O–H groups in total. The summed E-state index contributed by atoms with van der Waals surface area (Å²) in [7, 11) is 2.11. The van der Waals surface area contributed by atoms with Gasteiger partial charge >= 0.3 is 6.18 Å². The topological polar surface area (TPSA) is 75.0 Å². The van der Waals surface area contributed by atoms with Crippen LogP contribution < -0.4 is 0 Å². The first kappa shape index (κ1) is 22.0. The molecular formula is C22H24F3N7S. The van der Waals surface area contributed by atoms with Gasteiger partial charge in [-0.05, 0) is 64.4 Å². The second-order valence-electron chi connectivity index (χ2n) is 8.70. The average Bonchev–Trinajstić information content (AvgIpc) is 3.46. The zero-order valence-corrected chi connectivity index (χ0v) is 19.4. The molecule has 4 aromatic heterocycles. The Morgan fingerprint density at radius 3 is 2.70 bits per heavy atom. The summed E-state index contributed by atoms with van der Waals surface area (Å²) in [6.45, 7) is 5.81. The molecule has 1 saturated heterocycles. The van der Waals surface area contributed by atoms with E-state index in [9.17, 15) is 13.2 Å². The molecule has 1 fully saturated rings. The molecule has 33 heavy (non-hydrogen) atoms. The molecule has 5 rings (SSSR count). The van der Waals surface area contributed by atoms with E-state index in [0.717, 1.165) is 42.1 Å². The summed E-state index contributed by atoms with van der Waals surface area (Å²) >= 11 is 1.48. The summed E-state index contributed by atoms with van der Waals surface area (Å²) < 4.78 is 42.4. The van der Waals surface area contributed by atoms with Crippen LogP contribution in [-0.4, -0.2) is 61.0 Å². The van der Waals surface area contributed by atoms with E-state index in [-0.39, 0.29) is 11.3 Å². The Morgan fingerprint density at radius 2 is 1.97 bits per heavy atom. The standard InChI is InChI=1S/C22H24F3N7S/c1-12-8-15(10-32-20(12)26-11-27-32)17-16(9-22(23,24)25)18(30-29-17)21-28-13(2)19(33-21)14-4-6-31(3)7-5-14/h8,10-11,14H,4-7,9H2,1-3H3,(H,29,30). The van der Waals surface area contributed by atoms with E-state index in [0.29, 0.717) is 27.8 Å². The van der Waals surface area contributed by atoms with Crippen LogP contribution in [0.1, 0.15) is 40.5 Å². The third-order valence-corrected chi connectivity index (χ3v) is 7.55. The lowest BCUT2D eigenvalue weighted by Crippen LogP contribution is -2.29. The highest BCUT2D eigenvalue weighted by Gasteiger charge is 2.34. The molecule has 1 aliphatic heterocycles. The zero-order chi connectivity index (χ0) is 23.3. The summed E-state index contributed by atoms with van der Waals surface area (Å²) in [5, 5.41) is 11.9. The van der Waals surface area contributed by atoms with Gasteiger partial charge in [0.1, 0.15) is 11.3 Å². The molecule has 0 saturated carbocycles. The van der Waals surface area contributed by atoms with Gasteiger partial charge < -0.3 is 4.90 Å². The number of pyridine rings is 1. The molecule has 0 spiro atoms. The Hall–Kier alpha value is -2.79. The van der Waals surface area contributed by atoms with Gasteiger partial charge in [0.25, 0.3) is 0 Å². The Bertz CT molecular complexity index is 1300. The largest absolute Gasteiger partial charge is 0.393 e. The second-order valence-corrected chi connectivity index (χ2v) is 9.73. The zero-order valence-electron chi connectivity index (χ0n) is 18.6. The van der Waals surface area contributed by atoms with Crippen molar-refractivity contribution in [1.29, 1.82) is 0 Å². The van der Waals surface area contributed by atoms with Crippen molar-refractivity contribution in [3.8, 4) is 22.0 Å². The molecule has 0 radical (unpaired) electrons. The van der Waals surface area contributed by atoms with Gasteiger partial charge in [-0.3, -0.25) is 5.10 Å². The number of fused-ring (bicyclic) bond motifs is 1. The van der Waals surface area contributed by atoms with E-state index >= 15 is 0 Å². The van der Waals surface area contributed by atoms with Crippen molar-refractivity contribution >= 4 is 17.0 Å². The van der Waals surface area contributed by atoms with Crippen molar-refractivity contribution in [3.05, 3.63) is 40.3 Å². The van der Waals surface area contributed by atoms with Gasteiger partial charge in [-0.25, -0.2) is 14.5 Å². The number of alkyl halides is 3. The molecule has 4 aromatic rings. The van der Waals surface area contributed by atoms with E-state index in [1.807, 2.05) is 13.8 Å². The predicted molar refractivity (Wildman–Crippen MR) is 120 cm³/mol. The van der Waals surface area contributed by atoms with Gasteiger partial charge in [0, 0.05) is 22.2 Å². The fourth-order valence-electron chi connectivity index (χ4n) is 4.54. The number of nitrogens with one attached hydrogen (secondary N) is 1. The highest BCUT2D eigenvalue weighted by atomic mass is 32.1. The number of hydrogen-bond donors (Lipinski definition) is 1. The maximum absolute atomic E-state index is 13.6. The molecular weight excluding hydrogens is 451 g/mol. The number of H-pyrrole nitrogens is 1. The highest BCUT2D eigenvalue weighted by molar-refractivity contribution is 7.15. The molecule has 174 valence electrons. The lowest BCUT2D eigenvalue weighted by atomic mass is 9.95. The van der Waals surface area contributed by atoms with Gasteiger partial charge in [0.2, 0.25) is 0 Å². The van der Waals surface area contributed by atoms with Crippen molar-refractivity contribution in [2.45, 2.75) is 45.2 Å². The third-order valence-electron chi connectivity index (χ3n) is 6.21. The number of aryl methyl sites for hydroxylation is 2. The molecule has 7 nitrogen and oxygen atoms in total. The van der Waals surface area contributed by atoms with Gasteiger partial charge in [-0.2, -0.15) is 23.4 Å². The second kappa shape index (κ2) is 8.21. The summed E-state index contributed by atoms with van der Waals surface area (Å²) in [5.41, 5.74) is 3.61. The molecule has 0 aromatic carbocycles. The van der Waals surface area contributed by atoms with Crippen LogP contribution in [0.15, 0.2) is 18.6 Å². The van der Waals surface area contributed by atoms with Crippen LogP contribution in [0.5, 0.6) is 0 Å². The van der Waals surface area contributed by atoms with Crippen LogP contribution in [0.3, 0.4) is 0 Å². The number of thiazole rings is 1. The average molecular weight is 476 g/mol. The quantitative estimate of drug-likeness (QED) is 0.460. The number of piperidine rings is 1. The van der Waals surface area contributed by atoms with Crippen LogP contribution >= 0.6 is 11.3 Å². The Labute approximate surface area is 192 Å². The minimum atomic E-state index is -4.39. The first-order chi connectivity index (χ1) is 15.7. The van der Waals surface area contributed by atoms with E-state index < -0.39 is 12.6 Å². The number of nitrogens with zero attached hydrogens (tertiary/aromatic N) is 6. The summed E-state index contributed by atoms with van der Waals surface area (Å²) in [4.78, 5) is 12.3. The van der Waals surface area contributed by atoms with E-state index in [1.54, 1.807) is 16.8 Å². The van der Waals surface area contributed by atoms with Crippen molar-refractivity contribution in [2.24, 2.45) is 0 Å². The molecule has 1 aliphatic rings. The number of rotatable bonds is 4. The molecule has 0 atom stereocenters. The van der Waals surface area contributed by atoms with Crippen LogP contribution in [0.4, 0.5) is 13.2 Å². The maximum Gasteiger partial charge on any atom is 0.393 e. The number of aromatic nitrogens is 6. The summed E-state index contributed by atoms with van der Waals surface area (Å²) in [6, 6.07) is 1.79. The van der Waals surface area contributed by atoms with Crippen molar-refractivity contribution in [2.75, 3.05) is 20.1 Å². The van der Waals surface area contributed by atoms with E-state index in [1.165, 1.54) is 17.7 Å². The monoisotopic (exact) mass is 475 g/mol. The number of aromatic amines is 1.